The average molecular weight is 192 g/mol. The van der Waals surface area contributed by atoms with E-state index in [0.717, 1.165) is 23.9 Å². The molecule has 0 aliphatic rings. The Morgan fingerprint density at radius 3 is 2.93 bits per heavy atom. The summed E-state index contributed by atoms with van der Waals surface area (Å²) in [6.07, 6.45) is 1.67. The molecule has 1 aromatic rings. The molecular formula is C10H12N2O2. The first-order valence-corrected chi connectivity index (χ1v) is 4.34. The third kappa shape index (κ3) is 2.58. The van der Waals surface area contributed by atoms with Gasteiger partial charge in [-0.15, -0.1) is 0 Å². The molecule has 1 rings (SSSR count). The highest BCUT2D eigenvalue weighted by atomic mass is 16.4. The van der Waals surface area contributed by atoms with Gasteiger partial charge in [0.05, 0.1) is 0 Å². The number of anilines is 1. The van der Waals surface area contributed by atoms with Gasteiger partial charge in [0, 0.05) is 5.69 Å². The Labute approximate surface area is 82.2 Å². The predicted molar refractivity (Wildman–Crippen MR) is 54.7 cm³/mol. The minimum Gasteiger partial charge on any atom is -0.411 e. The first-order chi connectivity index (χ1) is 6.77. The van der Waals surface area contributed by atoms with Crippen molar-refractivity contribution in [1.29, 1.82) is 0 Å². The van der Waals surface area contributed by atoms with Crippen molar-refractivity contribution in [1.82, 2.24) is 0 Å². The molecule has 0 aliphatic heterocycles. The molecule has 0 atom stereocenters. The number of aryl methyl sites for hydroxylation is 1. The van der Waals surface area contributed by atoms with Crippen LogP contribution in [0.3, 0.4) is 0 Å². The van der Waals surface area contributed by atoms with Crippen molar-refractivity contribution in [3.63, 3.8) is 0 Å². The quantitative estimate of drug-likeness (QED) is 0.434. The second kappa shape index (κ2) is 5.01. The van der Waals surface area contributed by atoms with Crippen LogP contribution in [0.15, 0.2) is 29.4 Å². The van der Waals surface area contributed by atoms with Crippen LogP contribution in [-0.2, 0) is 11.2 Å². The maximum atomic E-state index is 11.1. The van der Waals surface area contributed by atoms with Gasteiger partial charge in [0.2, 0.25) is 0 Å². The fourth-order valence-corrected chi connectivity index (χ4v) is 1.17. The summed E-state index contributed by atoms with van der Waals surface area (Å²) in [6.45, 7) is 2.01. The molecule has 74 valence electrons. The fraction of sp³-hybridized carbons (Fsp3) is 0.200. The van der Waals surface area contributed by atoms with E-state index in [1.807, 2.05) is 31.2 Å². The Hall–Kier alpha value is -1.84. The first kappa shape index (κ1) is 10.2. The molecule has 0 aliphatic carbocycles. The first-order valence-electron chi connectivity index (χ1n) is 4.34. The molecule has 0 saturated carbocycles. The lowest BCUT2D eigenvalue weighted by atomic mass is 10.1. The number of para-hydroxylation sites is 1. The summed E-state index contributed by atoms with van der Waals surface area (Å²) < 4.78 is 0. The molecule has 0 heterocycles. The molecule has 0 unspecified atom stereocenters. The van der Waals surface area contributed by atoms with Crippen molar-refractivity contribution in [3.05, 3.63) is 29.8 Å². The van der Waals surface area contributed by atoms with Gasteiger partial charge in [-0.05, 0) is 18.1 Å². The number of rotatable bonds is 3. The molecule has 2 N–H and O–H groups in total. The molecular weight excluding hydrogens is 180 g/mol. The van der Waals surface area contributed by atoms with Crippen LogP contribution in [0.4, 0.5) is 5.69 Å². The molecule has 14 heavy (non-hydrogen) atoms. The second-order valence-electron chi connectivity index (χ2n) is 2.74. The number of nitrogens with zero attached hydrogens (tertiary/aromatic N) is 1. The molecule has 0 spiro atoms. The van der Waals surface area contributed by atoms with Gasteiger partial charge in [0.1, 0.15) is 6.21 Å². The third-order valence-corrected chi connectivity index (χ3v) is 1.83. The van der Waals surface area contributed by atoms with Crippen LogP contribution < -0.4 is 5.32 Å². The van der Waals surface area contributed by atoms with Crippen molar-refractivity contribution >= 4 is 17.8 Å². The van der Waals surface area contributed by atoms with Crippen LogP contribution in [0.5, 0.6) is 0 Å². The van der Waals surface area contributed by atoms with Gasteiger partial charge in [-0.25, -0.2) is 0 Å². The predicted octanol–water partition coefficient (Wildman–Crippen LogP) is 1.65. The summed E-state index contributed by atoms with van der Waals surface area (Å²) in [7, 11) is 0. The Balaban J connectivity index is 2.80. The largest absolute Gasteiger partial charge is 0.411 e. The van der Waals surface area contributed by atoms with E-state index < -0.39 is 5.91 Å². The molecule has 0 saturated heterocycles. The topological polar surface area (TPSA) is 61.7 Å². The number of carbonyl (C=O) groups excluding carboxylic acids is 1. The van der Waals surface area contributed by atoms with Crippen molar-refractivity contribution in [2.45, 2.75) is 13.3 Å². The minimum atomic E-state index is -0.437. The fourth-order valence-electron chi connectivity index (χ4n) is 1.17. The summed E-state index contributed by atoms with van der Waals surface area (Å²) >= 11 is 0. The summed E-state index contributed by atoms with van der Waals surface area (Å²) in [5, 5.41) is 13.4. The van der Waals surface area contributed by atoms with E-state index in [1.165, 1.54) is 0 Å². The number of hydrogen-bond donors (Lipinski definition) is 2. The SMILES string of the molecule is CCc1ccccc1NC(=O)/C=N\O. The minimum absolute atomic E-state index is 0.437. The highest BCUT2D eigenvalue weighted by Gasteiger charge is 2.02. The Bertz CT molecular complexity index is 348. The lowest BCUT2D eigenvalue weighted by Crippen LogP contribution is -2.13. The van der Waals surface area contributed by atoms with Gasteiger partial charge >= 0.3 is 0 Å². The second-order valence-corrected chi connectivity index (χ2v) is 2.74. The lowest BCUT2D eigenvalue weighted by Gasteiger charge is -2.06. The van der Waals surface area contributed by atoms with Gasteiger partial charge in [-0.2, -0.15) is 0 Å². The Morgan fingerprint density at radius 1 is 1.57 bits per heavy atom. The van der Waals surface area contributed by atoms with Gasteiger partial charge < -0.3 is 10.5 Å². The number of carbonyl (C=O) groups is 1. The number of benzene rings is 1. The number of amides is 1. The number of hydrogen-bond acceptors (Lipinski definition) is 3. The maximum absolute atomic E-state index is 11.1. The van der Waals surface area contributed by atoms with Crippen molar-refractivity contribution in [2.75, 3.05) is 5.32 Å². The van der Waals surface area contributed by atoms with E-state index in [1.54, 1.807) is 0 Å². The van der Waals surface area contributed by atoms with Crippen LogP contribution in [0.1, 0.15) is 12.5 Å². The van der Waals surface area contributed by atoms with E-state index >= 15 is 0 Å². The van der Waals surface area contributed by atoms with E-state index in [9.17, 15) is 4.79 Å². The van der Waals surface area contributed by atoms with Crippen molar-refractivity contribution in [2.24, 2.45) is 5.16 Å². The van der Waals surface area contributed by atoms with E-state index in [0.29, 0.717) is 0 Å². The highest BCUT2D eigenvalue weighted by Crippen LogP contribution is 2.14. The molecule has 4 heteroatoms. The zero-order valence-corrected chi connectivity index (χ0v) is 7.90. The van der Waals surface area contributed by atoms with E-state index in [4.69, 9.17) is 5.21 Å². The van der Waals surface area contributed by atoms with Crippen molar-refractivity contribution < 1.29 is 10.0 Å². The molecule has 4 nitrogen and oxygen atoms in total. The van der Waals surface area contributed by atoms with Crippen LogP contribution in [-0.4, -0.2) is 17.3 Å². The van der Waals surface area contributed by atoms with Crippen LogP contribution >= 0.6 is 0 Å². The number of nitrogens with one attached hydrogen (secondary N) is 1. The van der Waals surface area contributed by atoms with Crippen LogP contribution in [0.2, 0.25) is 0 Å². The van der Waals surface area contributed by atoms with Gasteiger partial charge in [-0.3, -0.25) is 4.79 Å². The van der Waals surface area contributed by atoms with Crippen LogP contribution in [0.25, 0.3) is 0 Å². The smallest absolute Gasteiger partial charge is 0.270 e. The zero-order chi connectivity index (χ0) is 10.4. The highest BCUT2D eigenvalue weighted by molar-refractivity contribution is 6.31. The normalized spacial score (nSPS) is 10.4. The van der Waals surface area contributed by atoms with E-state index in [-0.39, 0.29) is 0 Å². The van der Waals surface area contributed by atoms with Gasteiger partial charge in [-0.1, -0.05) is 30.3 Å². The molecule has 1 aromatic carbocycles. The monoisotopic (exact) mass is 192 g/mol. The zero-order valence-electron chi connectivity index (χ0n) is 7.90. The summed E-state index contributed by atoms with van der Waals surface area (Å²) in [4.78, 5) is 11.1. The molecule has 0 aromatic heterocycles. The number of oxime groups is 1. The lowest BCUT2D eigenvalue weighted by molar-refractivity contribution is -0.110. The average Bonchev–Trinajstić information content (AvgIpc) is 2.19. The standard InChI is InChI=1S/C10H12N2O2/c1-2-8-5-3-4-6-9(8)12-10(13)7-11-14/h3-7,14H,2H2,1H3,(H,12,13)/b11-7-. The van der Waals surface area contributed by atoms with E-state index in [2.05, 4.69) is 10.5 Å². The summed E-state index contributed by atoms with van der Waals surface area (Å²) in [5.74, 6) is -0.437. The summed E-state index contributed by atoms with van der Waals surface area (Å²) in [6, 6.07) is 7.49. The molecule has 0 fully saturated rings. The van der Waals surface area contributed by atoms with Gasteiger partial charge in [0.15, 0.2) is 0 Å². The summed E-state index contributed by atoms with van der Waals surface area (Å²) in [5.41, 5.74) is 1.80. The Morgan fingerprint density at radius 2 is 2.29 bits per heavy atom. The van der Waals surface area contributed by atoms with Crippen molar-refractivity contribution in [3.8, 4) is 0 Å². The maximum Gasteiger partial charge on any atom is 0.270 e. The third-order valence-electron chi connectivity index (χ3n) is 1.83. The Kier molecular flexibility index (Phi) is 3.67. The molecule has 1 amide bonds. The van der Waals surface area contributed by atoms with Gasteiger partial charge in [0.25, 0.3) is 5.91 Å². The molecule has 0 radical (unpaired) electrons. The molecule has 0 bridgehead atoms. The van der Waals surface area contributed by atoms with Crippen LogP contribution in [0, 0.1) is 0 Å².